The zero-order chi connectivity index (χ0) is 15.2. The Morgan fingerprint density at radius 3 is 2.86 bits per heavy atom. The molecule has 1 aliphatic rings. The van der Waals surface area contributed by atoms with Gasteiger partial charge in [-0.2, -0.15) is 0 Å². The summed E-state index contributed by atoms with van der Waals surface area (Å²) in [7, 11) is 0. The first-order valence-corrected chi connectivity index (χ1v) is 8.33. The smallest absolute Gasteiger partial charge is 0.137 e. The molecule has 21 heavy (non-hydrogen) atoms. The maximum Gasteiger partial charge on any atom is 0.137 e. The van der Waals surface area contributed by atoms with E-state index in [-0.39, 0.29) is 12.0 Å². The molecule has 4 heteroatoms. The molecule has 1 aromatic carbocycles. The Hall–Kier alpha value is -0.770. The van der Waals surface area contributed by atoms with Crippen molar-refractivity contribution in [2.45, 2.75) is 39.2 Å². The third-order valence-corrected chi connectivity index (χ3v) is 4.48. The van der Waals surface area contributed by atoms with Crippen molar-refractivity contribution in [1.82, 2.24) is 4.90 Å². The second kappa shape index (κ2) is 8.02. The summed E-state index contributed by atoms with van der Waals surface area (Å²) in [6, 6.07) is 5.98. The summed E-state index contributed by atoms with van der Waals surface area (Å²) >= 11 is 6.28. The van der Waals surface area contributed by atoms with E-state index in [2.05, 4.69) is 24.8 Å². The molecule has 2 rings (SSSR count). The van der Waals surface area contributed by atoms with Gasteiger partial charge in [0, 0.05) is 19.0 Å². The maximum atomic E-state index is 10.2. The summed E-state index contributed by atoms with van der Waals surface area (Å²) in [5.41, 5.74) is 1.17. The van der Waals surface area contributed by atoms with E-state index in [1.807, 2.05) is 12.1 Å². The second-order valence-electron chi connectivity index (χ2n) is 5.83. The first-order chi connectivity index (χ1) is 10.1. The average Bonchev–Trinajstić information content (AvgIpc) is 2.49. The number of aliphatic hydroxyl groups excluding tert-OH is 1. The Labute approximate surface area is 132 Å². The van der Waals surface area contributed by atoms with Gasteiger partial charge in [0.2, 0.25) is 0 Å². The van der Waals surface area contributed by atoms with Gasteiger partial charge in [-0.3, -0.25) is 0 Å². The summed E-state index contributed by atoms with van der Waals surface area (Å²) in [4.78, 5) is 2.40. The summed E-state index contributed by atoms with van der Waals surface area (Å²) in [5, 5.41) is 10.9. The maximum absolute atomic E-state index is 10.2. The monoisotopic (exact) mass is 311 g/mol. The minimum Gasteiger partial charge on any atom is -0.492 e. The van der Waals surface area contributed by atoms with E-state index in [1.165, 1.54) is 5.56 Å². The highest BCUT2D eigenvalue weighted by Gasteiger charge is 2.27. The largest absolute Gasteiger partial charge is 0.492 e. The standard InChI is InChI=1S/C17H26ClNO2/c1-3-9-21-17-6-5-13(11-15(17)18)10-14-12-19(4-2)8-7-16(14)20/h5-6,11,14,16,20H,3-4,7-10,12H2,1-2H3. The lowest BCUT2D eigenvalue weighted by molar-refractivity contribution is 0.0290. The summed E-state index contributed by atoms with van der Waals surface area (Å²) < 4.78 is 5.60. The number of aliphatic hydroxyl groups is 1. The molecular formula is C17H26ClNO2. The van der Waals surface area contributed by atoms with Crippen LogP contribution in [-0.2, 0) is 6.42 Å². The number of benzene rings is 1. The van der Waals surface area contributed by atoms with Gasteiger partial charge in [-0.15, -0.1) is 0 Å². The predicted octanol–water partition coefficient (Wildman–Crippen LogP) is 3.37. The summed E-state index contributed by atoms with van der Waals surface area (Å²) in [5.74, 6) is 1.04. The Kier molecular flexibility index (Phi) is 6.34. The fraction of sp³-hybridized carbons (Fsp3) is 0.647. The molecule has 0 bridgehead atoms. The topological polar surface area (TPSA) is 32.7 Å². The number of ether oxygens (including phenoxy) is 1. The van der Waals surface area contributed by atoms with Crippen molar-refractivity contribution in [3.63, 3.8) is 0 Å². The van der Waals surface area contributed by atoms with Gasteiger partial charge in [0.05, 0.1) is 17.7 Å². The molecule has 3 nitrogen and oxygen atoms in total. The van der Waals surface area contributed by atoms with E-state index < -0.39 is 0 Å². The molecule has 0 aliphatic carbocycles. The molecule has 1 aromatic rings. The fourth-order valence-electron chi connectivity index (χ4n) is 2.89. The van der Waals surface area contributed by atoms with E-state index in [0.717, 1.165) is 44.6 Å². The van der Waals surface area contributed by atoms with Crippen LogP contribution in [0, 0.1) is 5.92 Å². The summed E-state index contributed by atoms with van der Waals surface area (Å²) in [6.07, 6.45) is 2.50. The number of piperidine rings is 1. The van der Waals surface area contributed by atoms with Gasteiger partial charge in [-0.05, 0) is 43.5 Å². The first-order valence-electron chi connectivity index (χ1n) is 7.95. The van der Waals surface area contributed by atoms with Gasteiger partial charge in [0.15, 0.2) is 0 Å². The molecule has 1 fully saturated rings. The van der Waals surface area contributed by atoms with Crippen LogP contribution < -0.4 is 4.74 Å². The highest BCUT2D eigenvalue weighted by molar-refractivity contribution is 6.32. The van der Waals surface area contributed by atoms with Crippen LogP contribution >= 0.6 is 11.6 Å². The van der Waals surface area contributed by atoms with Crippen molar-refractivity contribution < 1.29 is 9.84 Å². The normalized spacial score (nSPS) is 23.2. The number of nitrogens with zero attached hydrogens (tertiary/aromatic N) is 1. The van der Waals surface area contributed by atoms with Crippen LogP contribution in [0.25, 0.3) is 0 Å². The molecule has 2 atom stereocenters. The zero-order valence-corrected chi connectivity index (χ0v) is 13.8. The molecule has 1 heterocycles. The van der Waals surface area contributed by atoms with E-state index in [4.69, 9.17) is 16.3 Å². The SMILES string of the molecule is CCCOc1ccc(CC2CN(CC)CCC2O)cc1Cl. The number of hydrogen-bond donors (Lipinski definition) is 1. The Morgan fingerprint density at radius 2 is 2.19 bits per heavy atom. The van der Waals surface area contributed by atoms with Crippen molar-refractivity contribution in [2.75, 3.05) is 26.2 Å². The third kappa shape index (κ3) is 4.60. The Balaban J connectivity index is 2.00. The Morgan fingerprint density at radius 1 is 1.38 bits per heavy atom. The van der Waals surface area contributed by atoms with Gasteiger partial charge >= 0.3 is 0 Å². The van der Waals surface area contributed by atoms with Gasteiger partial charge in [0.1, 0.15) is 5.75 Å². The number of halogens is 1. The third-order valence-electron chi connectivity index (χ3n) is 4.18. The molecule has 0 aromatic heterocycles. The minimum absolute atomic E-state index is 0.206. The quantitative estimate of drug-likeness (QED) is 0.874. The highest BCUT2D eigenvalue weighted by Crippen LogP contribution is 2.28. The lowest BCUT2D eigenvalue weighted by Gasteiger charge is -2.35. The van der Waals surface area contributed by atoms with Gasteiger partial charge in [0.25, 0.3) is 0 Å². The van der Waals surface area contributed by atoms with Gasteiger partial charge < -0.3 is 14.7 Å². The van der Waals surface area contributed by atoms with Gasteiger partial charge in [-0.25, -0.2) is 0 Å². The van der Waals surface area contributed by atoms with Crippen molar-refractivity contribution in [1.29, 1.82) is 0 Å². The van der Waals surface area contributed by atoms with Crippen LogP contribution in [0.15, 0.2) is 18.2 Å². The molecule has 0 radical (unpaired) electrons. The molecule has 0 amide bonds. The van der Waals surface area contributed by atoms with Crippen LogP contribution in [-0.4, -0.2) is 42.4 Å². The van der Waals surface area contributed by atoms with Gasteiger partial charge in [-0.1, -0.05) is 31.5 Å². The molecule has 1 saturated heterocycles. The first kappa shape index (κ1) is 16.6. The average molecular weight is 312 g/mol. The van der Waals surface area contributed by atoms with Crippen LogP contribution in [0.2, 0.25) is 5.02 Å². The number of rotatable bonds is 6. The van der Waals surface area contributed by atoms with Crippen molar-refractivity contribution in [2.24, 2.45) is 5.92 Å². The molecule has 0 saturated carbocycles. The molecule has 0 spiro atoms. The van der Waals surface area contributed by atoms with Crippen LogP contribution in [0.3, 0.4) is 0 Å². The van der Waals surface area contributed by atoms with Crippen LogP contribution in [0.4, 0.5) is 0 Å². The molecule has 118 valence electrons. The van der Waals surface area contributed by atoms with Crippen LogP contribution in [0.5, 0.6) is 5.75 Å². The molecule has 2 unspecified atom stereocenters. The summed E-state index contributed by atoms with van der Waals surface area (Å²) in [6.45, 7) is 7.94. The van der Waals surface area contributed by atoms with Crippen LogP contribution in [0.1, 0.15) is 32.3 Å². The minimum atomic E-state index is -0.206. The zero-order valence-electron chi connectivity index (χ0n) is 13.0. The van der Waals surface area contributed by atoms with Crippen molar-refractivity contribution >= 4 is 11.6 Å². The second-order valence-corrected chi connectivity index (χ2v) is 6.23. The van der Waals surface area contributed by atoms with E-state index >= 15 is 0 Å². The molecule has 1 aliphatic heterocycles. The fourth-order valence-corrected chi connectivity index (χ4v) is 3.14. The lowest BCUT2D eigenvalue weighted by Crippen LogP contribution is -2.43. The van der Waals surface area contributed by atoms with Crippen molar-refractivity contribution in [3.8, 4) is 5.75 Å². The van der Waals surface area contributed by atoms with E-state index in [0.29, 0.717) is 11.6 Å². The number of likely N-dealkylation sites (tertiary alicyclic amines) is 1. The highest BCUT2D eigenvalue weighted by atomic mass is 35.5. The number of hydrogen-bond acceptors (Lipinski definition) is 3. The van der Waals surface area contributed by atoms with E-state index in [9.17, 15) is 5.11 Å². The Bertz CT molecular complexity index is 452. The molecule has 1 N–H and O–H groups in total. The molecular weight excluding hydrogens is 286 g/mol. The van der Waals surface area contributed by atoms with Crippen molar-refractivity contribution in [3.05, 3.63) is 28.8 Å². The predicted molar refractivity (Wildman–Crippen MR) is 87.2 cm³/mol. The van der Waals surface area contributed by atoms with E-state index in [1.54, 1.807) is 0 Å². The lowest BCUT2D eigenvalue weighted by atomic mass is 9.89.